The van der Waals surface area contributed by atoms with Crippen molar-refractivity contribution in [3.05, 3.63) is 47.5 Å². The molecule has 0 heterocycles. The Hall–Kier alpha value is -2.48. The van der Waals surface area contributed by atoms with E-state index in [1.54, 1.807) is 0 Å². The molecule has 0 unspecified atom stereocenters. The predicted octanol–water partition coefficient (Wildman–Crippen LogP) is 4.44. The number of carbonyl (C=O) groups is 3. The van der Waals surface area contributed by atoms with Crippen LogP contribution in [-0.2, 0) is 15.8 Å². The van der Waals surface area contributed by atoms with Crippen LogP contribution in [-0.4, -0.2) is 33.9 Å². The number of alkyl halides is 3. The molecule has 1 saturated carbocycles. The van der Waals surface area contributed by atoms with Gasteiger partial charge in [-0.05, 0) is 31.1 Å². The number of hydrogen-bond acceptors (Lipinski definition) is 4. The van der Waals surface area contributed by atoms with Crippen LogP contribution in [0.5, 0.6) is 0 Å². The third-order valence-corrected chi connectivity index (χ3v) is 5.33. The molecule has 1 aliphatic carbocycles. The molecule has 0 amide bonds. The van der Waals surface area contributed by atoms with Gasteiger partial charge in [0.2, 0.25) is 0 Å². The molecule has 0 spiro atoms. The van der Waals surface area contributed by atoms with Crippen molar-refractivity contribution in [2.45, 2.75) is 57.2 Å². The van der Waals surface area contributed by atoms with E-state index in [0.717, 1.165) is 37.1 Å². The van der Waals surface area contributed by atoms with Crippen molar-refractivity contribution in [1.82, 2.24) is 0 Å². The summed E-state index contributed by atoms with van der Waals surface area (Å²) in [6.07, 6.45) is 0.395. The number of allylic oxidation sites excluding steroid dienone is 1. The van der Waals surface area contributed by atoms with E-state index < -0.39 is 41.4 Å². The Bertz CT molecular complexity index is 800. The minimum atomic E-state index is -4.55. The second-order valence-corrected chi connectivity index (χ2v) is 7.57. The molecule has 3 atom stereocenters. The number of aliphatic carboxylic acids is 1. The topological polar surface area (TPSA) is 91.7 Å². The lowest BCUT2D eigenvalue weighted by Gasteiger charge is -2.17. The molecule has 1 aliphatic rings. The lowest BCUT2D eigenvalue weighted by Crippen LogP contribution is -2.19. The number of carboxylic acids is 1. The number of hydrogen-bond donors (Lipinski definition) is 2. The van der Waals surface area contributed by atoms with E-state index in [2.05, 4.69) is 0 Å². The standard InChI is InChI=1S/C22H25F3O5/c23-22(24,25)15-7-5-6-14(12-15)18(26)11-10-17-16(19(27)13-20(17)28)8-3-1-2-4-9-21(29)30/h5-7,10-12,16-17,20,28H,1-4,8-9,13H2,(H,29,30)/t16-,17-,20+/m0/s1. The van der Waals surface area contributed by atoms with E-state index in [9.17, 15) is 32.7 Å². The van der Waals surface area contributed by atoms with Crippen molar-refractivity contribution in [3.8, 4) is 0 Å². The predicted molar refractivity (Wildman–Crippen MR) is 103 cm³/mol. The van der Waals surface area contributed by atoms with E-state index >= 15 is 0 Å². The Morgan fingerprint density at radius 2 is 1.83 bits per heavy atom. The highest BCUT2D eigenvalue weighted by atomic mass is 19.4. The molecule has 0 saturated heterocycles. The number of benzene rings is 1. The molecule has 1 fully saturated rings. The summed E-state index contributed by atoms with van der Waals surface area (Å²) < 4.78 is 38.4. The van der Waals surface area contributed by atoms with Crippen molar-refractivity contribution in [2.75, 3.05) is 0 Å². The number of carboxylic acid groups (broad SMARTS) is 1. The summed E-state index contributed by atoms with van der Waals surface area (Å²) in [7, 11) is 0. The first-order chi connectivity index (χ1) is 14.1. The van der Waals surface area contributed by atoms with Crippen LogP contribution < -0.4 is 0 Å². The molecular weight excluding hydrogens is 401 g/mol. The normalized spacial score (nSPS) is 22.0. The molecule has 0 radical (unpaired) electrons. The first-order valence-corrected chi connectivity index (χ1v) is 9.92. The largest absolute Gasteiger partial charge is 0.481 e. The second-order valence-electron chi connectivity index (χ2n) is 7.57. The molecule has 2 N–H and O–H groups in total. The quantitative estimate of drug-likeness (QED) is 0.328. The molecule has 1 aromatic rings. The summed E-state index contributed by atoms with van der Waals surface area (Å²) >= 11 is 0. The van der Waals surface area contributed by atoms with E-state index in [0.29, 0.717) is 19.3 Å². The molecule has 5 nitrogen and oxygen atoms in total. The highest BCUT2D eigenvalue weighted by molar-refractivity contribution is 6.04. The summed E-state index contributed by atoms with van der Waals surface area (Å²) in [6, 6.07) is 4.10. The third-order valence-electron chi connectivity index (χ3n) is 5.33. The molecule has 164 valence electrons. The maximum absolute atomic E-state index is 12.8. The highest BCUT2D eigenvalue weighted by Gasteiger charge is 2.39. The smallest absolute Gasteiger partial charge is 0.416 e. The Balaban J connectivity index is 1.97. The van der Waals surface area contributed by atoms with E-state index in [1.165, 1.54) is 12.1 Å². The molecule has 0 bridgehead atoms. The first kappa shape index (κ1) is 23.8. The average Bonchev–Trinajstić information content (AvgIpc) is 2.94. The van der Waals surface area contributed by atoms with Gasteiger partial charge in [-0.25, -0.2) is 0 Å². The van der Waals surface area contributed by atoms with Gasteiger partial charge >= 0.3 is 12.1 Å². The van der Waals surface area contributed by atoms with E-state index in [1.807, 2.05) is 0 Å². The fourth-order valence-electron chi connectivity index (χ4n) is 3.73. The number of halogens is 3. The number of Topliss-reactive ketones (excluding diaryl/α,β-unsaturated/α-hetero) is 1. The number of aliphatic hydroxyl groups is 1. The summed E-state index contributed by atoms with van der Waals surface area (Å²) in [6.45, 7) is 0. The maximum Gasteiger partial charge on any atom is 0.416 e. The van der Waals surface area contributed by atoms with E-state index in [-0.39, 0.29) is 24.2 Å². The number of ketones is 2. The number of aliphatic hydroxyl groups excluding tert-OH is 1. The molecule has 1 aromatic carbocycles. The molecule has 8 heteroatoms. The first-order valence-electron chi connectivity index (χ1n) is 9.92. The molecule has 2 rings (SSSR count). The van der Waals surface area contributed by atoms with Crippen LogP contribution >= 0.6 is 0 Å². The van der Waals surface area contributed by atoms with Gasteiger partial charge in [-0.3, -0.25) is 14.4 Å². The summed E-state index contributed by atoms with van der Waals surface area (Å²) in [5, 5.41) is 18.8. The van der Waals surface area contributed by atoms with Crippen LogP contribution in [0.1, 0.15) is 60.9 Å². The van der Waals surface area contributed by atoms with Gasteiger partial charge in [-0.2, -0.15) is 13.2 Å². The zero-order valence-electron chi connectivity index (χ0n) is 16.4. The number of carbonyl (C=O) groups excluding carboxylic acids is 2. The average molecular weight is 426 g/mol. The molecule has 0 aliphatic heterocycles. The zero-order chi connectivity index (χ0) is 22.3. The Morgan fingerprint density at radius 3 is 2.50 bits per heavy atom. The van der Waals surface area contributed by atoms with Gasteiger partial charge in [0.25, 0.3) is 0 Å². The Kier molecular flexibility index (Phi) is 8.34. The van der Waals surface area contributed by atoms with Gasteiger partial charge < -0.3 is 10.2 Å². The minimum absolute atomic E-state index is 0.0174. The van der Waals surface area contributed by atoms with Gasteiger partial charge in [-0.1, -0.05) is 37.5 Å². The minimum Gasteiger partial charge on any atom is -0.481 e. The molecular formula is C22H25F3O5. The van der Waals surface area contributed by atoms with Crippen molar-refractivity contribution >= 4 is 17.5 Å². The van der Waals surface area contributed by atoms with E-state index in [4.69, 9.17) is 5.11 Å². The lowest BCUT2D eigenvalue weighted by atomic mass is 9.88. The SMILES string of the molecule is O=C(O)CCCCCC[C@@H]1C(=O)C[C@@H](O)[C@H]1C=CC(=O)c1cccc(C(F)(F)F)c1. The fraction of sp³-hybridized carbons (Fsp3) is 0.500. The lowest BCUT2D eigenvalue weighted by molar-refractivity contribution is -0.138. The zero-order valence-corrected chi connectivity index (χ0v) is 16.4. The van der Waals surface area contributed by atoms with Crippen LogP contribution in [0.2, 0.25) is 0 Å². The Labute approximate surface area is 172 Å². The summed E-state index contributed by atoms with van der Waals surface area (Å²) in [4.78, 5) is 35.0. The highest BCUT2D eigenvalue weighted by Crippen LogP contribution is 2.34. The van der Waals surface area contributed by atoms with Gasteiger partial charge in [0.15, 0.2) is 5.78 Å². The van der Waals surface area contributed by atoms with Crippen molar-refractivity contribution < 1.29 is 37.8 Å². The fourth-order valence-corrected chi connectivity index (χ4v) is 3.73. The van der Waals surface area contributed by atoms with Crippen molar-refractivity contribution in [3.63, 3.8) is 0 Å². The Morgan fingerprint density at radius 1 is 1.13 bits per heavy atom. The number of rotatable bonds is 10. The van der Waals surface area contributed by atoms with Gasteiger partial charge in [0, 0.05) is 30.2 Å². The second kappa shape index (κ2) is 10.5. The van der Waals surface area contributed by atoms with Crippen LogP contribution in [0, 0.1) is 11.8 Å². The van der Waals surface area contributed by atoms with Gasteiger partial charge in [-0.15, -0.1) is 0 Å². The molecule has 30 heavy (non-hydrogen) atoms. The van der Waals surface area contributed by atoms with Gasteiger partial charge in [0.05, 0.1) is 11.7 Å². The monoisotopic (exact) mass is 426 g/mol. The van der Waals surface area contributed by atoms with Gasteiger partial charge in [0.1, 0.15) is 5.78 Å². The number of unbranched alkanes of at least 4 members (excludes halogenated alkanes) is 3. The van der Waals surface area contributed by atoms with Crippen LogP contribution in [0.4, 0.5) is 13.2 Å². The van der Waals surface area contributed by atoms with Crippen LogP contribution in [0.3, 0.4) is 0 Å². The van der Waals surface area contributed by atoms with Crippen LogP contribution in [0.15, 0.2) is 36.4 Å². The maximum atomic E-state index is 12.8. The van der Waals surface area contributed by atoms with Crippen molar-refractivity contribution in [2.24, 2.45) is 11.8 Å². The summed E-state index contributed by atoms with van der Waals surface area (Å²) in [5.41, 5.74) is -1.03. The molecule has 0 aromatic heterocycles. The van der Waals surface area contributed by atoms with Crippen LogP contribution in [0.25, 0.3) is 0 Å². The van der Waals surface area contributed by atoms with Crippen molar-refractivity contribution in [1.29, 1.82) is 0 Å². The third kappa shape index (κ3) is 6.79. The summed E-state index contributed by atoms with van der Waals surface area (Å²) in [5.74, 6) is -2.59.